The maximum absolute atomic E-state index is 10.7. The van der Waals surface area contributed by atoms with Crippen LogP contribution in [0.3, 0.4) is 0 Å². The molecule has 0 amide bonds. The fourth-order valence-electron chi connectivity index (χ4n) is 7.20. The van der Waals surface area contributed by atoms with Gasteiger partial charge in [0, 0.05) is 27.8 Å². The molecule has 0 fully saturated rings. The fourth-order valence-corrected chi connectivity index (χ4v) is 7.20. The second-order valence-electron chi connectivity index (χ2n) is 13.0. The molecule has 9 aromatic rings. The minimum atomic E-state index is 0.538. The van der Waals surface area contributed by atoms with E-state index in [2.05, 4.69) is 65.2 Å². The van der Waals surface area contributed by atoms with Crippen molar-refractivity contribution in [3.8, 4) is 79.3 Å². The molecule has 0 radical (unpaired) electrons. The van der Waals surface area contributed by atoms with Crippen molar-refractivity contribution < 1.29 is 0 Å². The molecule has 6 heteroatoms. The molecule has 9 rings (SSSR count). The zero-order valence-corrected chi connectivity index (χ0v) is 29.4. The van der Waals surface area contributed by atoms with Crippen LogP contribution < -0.4 is 0 Å². The smallest absolute Gasteiger partial charge is 0.164 e. The number of imidazole rings is 1. The number of benzene rings is 7. The number of aromatic nitrogens is 5. The van der Waals surface area contributed by atoms with Gasteiger partial charge in [0.25, 0.3) is 0 Å². The van der Waals surface area contributed by atoms with Crippen LogP contribution in [0.25, 0.3) is 84.3 Å². The topological polar surface area (TPSA) is 80.3 Å². The van der Waals surface area contributed by atoms with E-state index >= 15 is 0 Å². The molecular formula is C48H32N6. The lowest BCUT2D eigenvalue weighted by Gasteiger charge is -2.17. The van der Waals surface area contributed by atoms with Crippen molar-refractivity contribution in [2.45, 2.75) is 6.92 Å². The van der Waals surface area contributed by atoms with Gasteiger partial charge in [-0.25, -0.2) is 19.9 Å². The summed E-state index contributed by atoms with van der Waals surface area (Å²) < 4.78 is 2.22. The molecule has 2 heterocycles. The zero-order valence-electron chi connectivity index (χ0n) is 29.4. The van der Waals surface area contributed by atoms with E-state index in [1.807, 2.05) is 128 Å². The molecule has 54 heavy (non-hydrogen) atoms. The van der Waals surface area contributed by atoms with E-state index < -0.39 is 0 Å². The minimum absolute atomic E-state index is 0.538. The third kappa shape index (κ3) is 5.90. The van der Waals surface area contributed by atoms with Gasteiger partial charge in [-0.2, -0.15) is 5.26 Å². The molecule has 0 saturated carbocycles. The van der Waals surface area contributed by atoms with Crippen LogP contribution in [0.5, 0.6) is 0 Å². The van der Waals surface area contributed by atoms with Gasteiger partial charge >= 0.3 is 0 Å². The first-order valence-corrected chi connectivity index (χ1v) is 17.8. The van der Waals surface area contributed by atoms with Crippen LogP contribution in [0.1, 0.15) is 11.4 Å². The Balaban J connectivity index is 1.17. The highest BCUT2D eigenvalue weighted by atomic mass is 15.1. The minimum Gasteiger partial charge on any atom is -0.296 e. The van der Waals surface area contributed by atoms with Crippen molar-refractivity contribution in [1.82, 2.24) is 24.5 Å². The summed E-state index contributed by atoms with van der Waals surface area (Å²) in [6.45, 7) is 2.04. The predicted molar refractivity (Wildman–Crippen MR) is 217 cm³/mol. The van der Waals surface area contributed by atoms with Crippen molar-refractivity contribution >= 4 is 11.0 Å². The first-order valence-electron chi connectivity index (χ1n) is 17.8. The fraction of sp³-hybridized carbons (Fsp3) is 0.0208. The van der Waals surface area contributed by atoms with Crippen molar-refractivity contribution in [2.24, 2.45) is 0 Å². The van der Waals surface area contributed by atoms with Crippen molar-refractivity contribution in [1.29, 1.82) is 5.26 Å². The van der Waals surface area contributed by atoms with Gasteiger partial charge in [-0.1, -0.05) is 152 Å². The Bertz CT molecular complexity index is 2790. The van der Waals surface area contributed by atoms with Crippen molar-refractivity contribution in [2.75, 3.05) is 0 Å². The molecule has 0 saturated heterocycles. The first kappa shape index (κ1) is 32.4. The summed E-state index contributed by atoms with van der Waals surface area (Å²) >= 11 is 0. The Labute approximate surface area is 313 Å². The maximum Gasteiger partial charge on any atom is 0.164 e. The average molecular weight is 693 g/mol. The molecule has 0 aliphatic rings. The number of fused-ring (bicyclic) bond motifs is 1. The molecule has 0 N–H and O–H groups in total. The number of nitriles is 1. The highest BCUT2D eigenvalue weighted by molar-refractivity contribution is 5.91. The second kappa shape index (κ2) is 13.9. The van der Waals surface area contributed by atoms with Crippen molar-refractivity contribution in [3.05, 3.63) is 187 Å². The molecule has 0 spiro atoms. The summed E-state index contributed by atoms with van der Waals surface area (Å²) in [5.74, 6) is 2.62. The number of nitrogens with zero attached hydrogens (tertiary/aromatic N) is 6. The maximum atomic E-state index is 10.7. The number of aryl methyl sites for hydroxylation is 1. The Morgan fingerprint density at radius 1 is 0.426 bits per heavy atom. The van der Waals surface area contributed by atoms with E-state index in [1.54, 1.807) is 0 Å². The molecule has 7 aromatic carbocycles. The molecular weight excluding hydrogens is 661 g/mol. The van der Waals surface area contributed by atoms with E-state index in [9.17, 15) is 5.26 Å². The first-order chi connectivity index (χ1) is 26.7. The Morgan fingerprint density at radius 3 is 1.61 bits per heavy atom. The monoisotopic (exact) mass is 692 g/mol. The van der Waals surface area contributed by atoms with E-state index in [-0.39, 0.29) is 0 Å². The lowest BCUT2D eigenvalue weighted by Crippen LogP contribution is -2.01. The van der Waals surface area contributed by atoms with Crippen LogP contribution in [0.2, 0.25) is 0 Å². The van der Waals surface area contributed by atoms with Gasteiger partial charge in [-0.3, -0.25) is 4.57 Å². The summed E-state index contributed by atoms with van der Waals surface area (Å²) in [5, 5.41) is 10.7. The zero-order chi connectivity index (χ0) is 36.4. The van der Waals surface area contributed by atoms with Gasteiger partial charge in [0.15, 0.2) is 17.5 Å². The summed E-state index contributed by atoms with van der Waals surface area (Å²) in [4.78, 5) is 19.7. The molecule has 0 atom stereocenters. The summed E-state index contributed by atoms with van der Waals surface area (Å²) in [5.41, 5.74) is 12.0. The lowest BCUT2D eigenvalue weighted by atomic mass is 9.89. The average Bonchev–Trinajstić information content (AvgIpc) is 3.59. The molecule has 254 valence electrons. The van der Waals surface area contributed by atoms with Crippen LogP contribution in [0.4, 0.5) is 0 Å². The molecule has 0 bridgehead atoms. The molecule has 0 unspecified atom stereocenters. The molecule has 2 aromatic heterocycles. The highest BCUT2D eigenvalue weighted by Gasteiger charge is 2.20. The number of hydrogen-bond donors (Lipinski definition) is 0. The van der Waals surface area contributed by atoms with Crippen LogP contribution >= 0.6 is 0 Å². The van der Waals surface area contributed by atoms with Crippen LogP contribution in [-0.2, 0) is 0 Å². The summed E-state index contributed by atoms with van der Waals surface area (Å²) in [6.07, 6.45) is 0. The standard InChI is InChI=1S/C48H32N6/c1-32-50-43-25-13-15-27-45(43)54(32)44-26-14-12-23-41(44)39-21-9-8-20-37(39)35-28-29-38(36(30-35)31-49)40-22-10-11-24-42(40)48-52-46(33-16-4-2-5-17-33)51-47(53-48)34-18-6-3-7-19-34/h2-30H,1H3. The van der Waals surface area contributed by atoms with Gasteiger partial charge in [-0.05, 0) is 53.4 Å². The van der Waals surface area contributed by atoms with Crippen LogP contribution in [0.15, 0.2) is 176 Å². The van der Waals surface area contributed by atoms with Gasteiger partial charge < -0.3 is 0 Å². The molecule has 0 aliphatic carbocycles. The van der Waals surface area contributed by atoms with Gasteiger partial charge in [0.05, 0.1) is 28.4 Å². The Kier molecular flexibility index (Phi) is 8.35. The van der Waals surface area contributed by atoms with Crippen LogP contribution in [0, 0.1) is 18.3 Å². The number of para-hydroxylation sites is 3. The molecule has 0 aliphatic heterocycles. The normalized spacial score (nSPS) is 11.0. The summed E-state index contributed by atoms with van der Waals surface area (Å²) in [6, 6.07) is 61.5. The Morgan fingerprint density at radius 2 is 0.944 bits per heavy atom. The number of hydrogen-bond acceptors (Lipinski definition) is 5. The van der Waals surface area contributed by atoms with E-state index in [0.717, 1.165) is 72.6 Å². The van der Waals surface area contributed by atoms with Crippen LogP contribution in [-0.4, -0.2) is 24.5 Å². The van der Waals surface area contributed by atoms with Crippen molar-refractivity contribution in [3.63, 3.8) is 0 Å². The van der Waals surface area contributed by atoms with Gasteiger partial charge in [0.2, 0.25) is 0 Å². The van der Waals surface area contributed by atoms with E-state index in [1.165, 1.54) is 0 Å². The molecule has 6 nitrogen and oxygen atoms in total. The largest absolute Gasteiger partial charge is 0.296 e. The van der Waals surface area contributed by atoms with Gasteiger partial charge in [0.1, 0.15) is 5.82 Å². The predicted octanol–water partition coefficient (Wildman–Crippen LogP) is 11.4. The second-order valence-corrected chi connectivity index (χ2v) is 13.0. The van der Waals surface area contributed by atoms with E-state index in [4.69, 9.17) is 19.9 Å². The SMILES string of the molecule is Cc1nc2ccccc2n1-c1ccccc1-c1ccccc1-c1ccc(-c2ccccc2-c2nc(-c3ccccc3)nc(-c3ccccc3)n2)c(C#N)c1. The quantitative estimate of drug-likeness (QED) is 0.166. The Hall–Kier alpha value is -7.49. The summed E-state index contributed by atoms with van der Waals surface area (Å²) in [7, 11) is 0. The number of rotatable bonds is 7. The highest BCUT2D eigenvalue weighted by Crippen LogP contribution is 2.40. The third-order valence-electron chi connectivity index (χ3n) is 9.70. The van der Waals surface area contributed by atoms with Gasteiger partial charge in [-0.15, -0.1) is 0 Å². The lowest BCUT2D eigenvalue weighted by molar-refractivity contribution is 1.00. The third-order valence-corrected chi connectivity index (χ3v) is 9.70. The van der Waals surface area contributed by atoms with E-state index in [0.29, 0.717) is 23.0 Å².